The molecule has 2 nitrogen and oxygen atoms in total. The summed E-state index contributed by atoms with van der Waals surface area (Å²) in [4.78, 5) is 3.68. The van der Waals surface area contributed by atoms with Crippen molar-refractivity contribution in [3.63, 3.8) is 0 Å². The van der Waals surface area contributed by atoms with Gasteiger partial charge in [-0.2, -0.15) is 13.2 Å². The molecule has 0 saturated heterocycles. The summed E-state index contributed by atoms with van der Waals surface area (Å²) in [6.07, 6.45) is -1.12. The highest BCUT2D eigenvalue weighted by molar-refractivity contribution is 5.31. The highest BCUT2D eigenvalue weighted by Crippen LogP contribution is 2.34. The number of nitrogens with zero attached hydrogens (tertiary/aromatic N) is 1. The van der Waals surface area contributed by atoms with Crippen LogP contribution in [-0.4, -0.2) is 11.1 Å². The minimum Gasteiger partial charge on any atom is -0.489 e. The molecule has 1 fully saturated rings. The molecule has 0 aliphatic heterocycles. The van der Waals surface area contributed by atoms with Crippen LogP contribution in [-0.2, 0) is 6.18 Å². The van der Waals surface area contributed by atoms with Crippen molar-refractivity contribution in [2.75, 3.05) is 0 Å². The van der Waals surface area contributed by atoms with Crippen LogP contribution in [0.5, 0.6) is 5.75 Å². The first-order chi connectivity index (χ1) is 6.97. The first-order valence-electron chi connectivity index (χ1n) is 4.67. The first kappa shape index (κ1) is 10.3. The van der Waals surface area contributed by atoms with Gasteiger partial charge in [-0.15, -0.1) is 0 Å². The van der Waals surface area contributed by atoms with Crippen molar-refractivity contribution < 1.29 is 17.9 Å². The lowest BCUT2D eigenvalue weighted by molar-refractivity contribution is -0.138. The Morgan fingerprint density at radius 2 is 2.07 bits per heavy atom. The lowest BCUT2D eigenvalue weighted by atomic mass is 10.2. The van der Waals surface area contributed by atoms with Gasteiger partial charge in [-0.25, -0.2) is 0 Å². The lowest BCUT2D eigenvalue weighted by Gasteiger charge is -2.11. The van der Waals surface area contributed by atoms with Crippen molar-refractivity contribution in [3.8, 4) is 5.75 Å². The van der Waals surface area contributed by atoms with Gasteiger partial charge in [-0.3, -0.25) is 4.98 Å². The van der Waals surface area contributed by atoms with Gasteiger partial charge in [-0.1, -0.05) is 0 Å². The van der Waals surface area contributed by atoms with E-state index in [9.17, 15) is 13.2 Å². The smallest absolute Gasteiger partial charge is 0.418 e. The summed E-state index contributed by atoms with van der Waals surface area (Å²) in [6.45, 7) is 1.34. The molecule has 1 aliphatic rings. The molecule has 1 aromatic rings. The average Bonchev–Trinajstić information content (AvgIpc) is 2.90. The molecule has 1 heterocycles. The maximum Gasteiger partial charge on any atom is 0.418 e. The second-order valence-corrected chi connectivity index (χ2v) is 3.62. The standard InChI is InChI=1S/C10H10F3NO/c1-6-9(10(11,12)13)4-8(5-14-6)15-7-2-3-7/h4-5,7H,2-3H2,1H3. The third kappa shape index (κ3) is 2.40. The highest BCUT2D eigenvalue weighted by atomic mass is 19.4. The van der Waals surface area contributed by atoms with Crippen LogP contribution in [0, 0.1) is 6.92 Å². The van der Waals surface area contributed by atoms with E-state index in [4.69, 9.17) is 4.74 Å². The molecule has 2 rings (SSSR count). The topological polar surface area (TPSA) is 22.1 Å². The van der Waals surface area contributed by atoms with Crippen LogP contribution < -0.4 is 4.74 Å². The SMILES string of the molecule is Cc1ncc(OC2CC2)cc1C(F)(F)F. The normalized spacial score (nSPS) is 16.5. The summed E-state index contributed by atoms with van der Waals surface area (Å²) >= 11 is 0. The molecule has 1 saturated carbocycles. The molecule has 0 amide bonds. The van der Waals surface area contributed by atoms with Crippen molar-refractivity contribution in [3.05, 3.63) is 23.5 Å². The third-order valence-corrected chi connectivity index (χ3v) is 2.19. The number of hydrogen-bond acceptors (Lipinski definition) is 2. The van der Waals surface area contributed by atoms with Gasteiger partial charge in [0.1, 0.15) is 5.75 Å². The molecule has 0 N–H and O–H groups in total. The quantitative estimate of drug-likeness (QED) is 0.759. The molecule has 0 radical (unpaired) electrons. The van der Waals surface area contributed by atoms with Gasteiger partial charge < -0.3 is 4.74 Å². The summed E-state index contributed by atoms with van der Waals surface area (Å²) < 4.78 is 42.7. The fraction of sp³-hybridized carbons (Fsp3) is 0.500. The predicted molar refractivity (Wildman–Crippen MR) is 47.6 cm³/mol. The van der Waals surface area contributed by atoms with Crippen LogP contribution in [0.25, 0.3) is 0 Å². The summed E-state index contributed by atoms with van der Waals surface area (Å²) in [5, 5.41) is 0. The maximum atomic E-state index is 12.5. The Kier molecular flexibility index (Phi) is 2.32. The number of halogens is 3. The average molecular weight is 217 g/mol. The minimum absolute atomic E-state index is 0.0225. The summed E-state index contributed by atoms with van der Waals surface area (Å²) in [5.41, 5.74) is -0.744. The van der Waals surface area contributed by atoms with Crippen LogP contribution in [0.2, 0.25) is 0 Å². The Morgan fingerprint density at radius 1 is 1.40 bits per heavy atom. The van der Waals surface area contributed by atoms with Crippen molar-refractivity contribution in [2.24, 2.45) is 0 Å². The van der Waals surface area contributed by atoms with Gasteiger partial charge >= 0.3 is 6.18 Å². The van der Waals surface area contributed by atoms with E-state index >= 15 is 0 Å². The Balaban J connectivity index is 2.27. The van der Waals surface area contributed by atoms with E-state index in [-0.39, 0.29) is 17.5 Å². The van der Waals surface area contributed by atoms with E-state index in [0.717, 1.165) is 18.9 Å². The Labute approximate surface area is 85.1 Å². The zero-order valence-corrected chi connectivity index (χ0v) is 8.14. The molecule has 82 valence electrons. The largest absolute Gasteiger partial charge is 0.489 e. The number of rotatable bonds is 2. The number of hydrogen-bond donors (Lipinski definition) is 0. The first-order valence-corrected chi connectivity index (χ1v) is 4.67. The van der Waals surface area contributed by atoms with Gasteiger partial charge in [0.05, 0.1) is 17.9 Å². The maximum absolute atomic E-state index is 12.5. The van der Waals surface area contributed by atoms with E-state index in [2.05, 4.69) is 4.98 Å². The monoisotopic (exact) mass is 217 g/mol. The molecule has 0 aromatic carbocycles. The Morgan fingerprint density at radius 3 is 2.60 bits per heavy atom. The number of aryl methyl sites for hydroxylation is 1. The number of alkyl halides is 3. The van der Waals surface area contributed by atoms with Gasteiger partial charge in [0.25, 0.3) is 0 Å². The Hall–Kier alpha value is -1.26. The number of aromatic nitrogens is 1. The molecule has 0 unspecified atom stereocenters. The molecule has 0 bridgehead atoms. The molecular formula is C10H10F3NO. The lowest BCUT2D eigenvalue weighted by Crippen LogP contribution is -2.09. The fourth-order valence-electron chi connectivity index (χ4n) is 1.24. The summed E-state index contributed by atoms with van der Waals surface area (Å²) in [6, 6.07) is 1.01. The molecule has 0 atom stereocenters. The molecule has 1 aromatic heterocycles. The Bertz CT molecular complexity index is 371. The van der Waals surface area contributed by atoms with E-state index in [1.54, 1.807) is 0 Å². The van der Waals surface area contributed by atoms with Crippen LogP contribution >= 0.6 is 0 Å². The summed E-state index contributed by atoms with van der Waals surface area (Å²) in [5.74, 6) is 0.204. The van der Waals surface area contributed by atoms with Gasteiger partial charge in [0, 0.05) is 5.69 Å². The second kappa shape index (κ2) is 3.40. The van der Waals surface area contributed by atoms with Gasteiger partial charge in [0.15, 0.2) is 0 Å². The molecule has 1 aliphatic carbocycles. The molecular weight excluding hydrogens is 207 g/mol. The minimum atomic E-state index is -4.36. The van der Waals surface area contributed by atoms with Crippen LogP contribution in [0.15, 0.2) is 12.3 Å². The fourth-order valence-corrected chi connectivity index (χ4v) is 1.24. The van der Waals surface area contributed by atoms with E-state index < -0.39 is 11.7 Å². The summed E-state index contributed by atoms with van der Waals surface area (Å²) in [7, 11) is 0. The van der Waals surface area contributed by atoms with E-state index in [1.807, 2.05) is 0 Å². The third-order valence-electron chi connectivity index (χ3n) is 2.19. The molecule has 5 heteroatoms. The number of ether oxygens (including phenoxy) is 1. The molecule has 0 spiro atoms. The zero-order chi connectivity index (χ0) is 11.1. The number of pyridine rings is 1. The van der Waals surface area contributed by atoms with E-state index in [0.29, 0.717) is 0 Å². The van der Waals surface area contributed by atoms with E-state index in [1.165, 1.54) is 13.1 Å². The predicted octanol–water partition coefficient (Wildman–Crippen LogP) is 2.95. The van der Waals surface area contributed by atoms with Crippen molar-refractivity contribution in [2.45, 2.75) is 32.0 Å². The van der Waals surface area contributed by atoms with Crippen molar-refractivity contribution >= 4 is 0 Å². The zero-order valence-electron chi connectivity index (χ0n) is 8.14. The van der Waals surface area contributed by atoms with Gasteiger partial charge in [0.2, 0.25) is 0 Å². The molecule has 15 heavy (non-hydrogen) atoms. The van der Waals surface area contributed by atoms with Crippen LogP contribution in [0.1, 0.15) is 24.1 Å². The van der Waals surface area contributed by atoms with Crippen molar-refractivity contribution in [1.82, 2.24) is 4.98 Å². The van der Waals surface area contributed by atoms with Crippen LogP contribution in [0.4, 0.5) is 13.2 Å². The highest BCUT2D eigenvalue weighted by Gasteiger charge is 2.34. The van der Waals surface area contributed by atoms with Gasteiger partial charge in [-0.05, 0) is 25.8 Å². The second-order valence-electron chi connectivity index (χ2n) is 3.62. The van der Waals surface area contributed by atoms with Crippen molar-refractivity contribution in [1.29, 1.82) is 0 Å². The van der Waals surface area contributed by atoms with Crippen LogP contribution in [0.3, 0.4) is 0 Å².